The number of halogens is 1. The number of morpholine rings is 1. The number of anilines is 1. The summed E-state index contributed by atoms with van der Waals surface area (Å²) >= 11 is 0. The number of benzene rings is 1. The van der Waals surface area contributed by atoms with Crippen molar-refractivity contribution < 1.29 is 27.6 Å². The van der Waals surface area contributed by atoms with Crippen LogP contribution < -0.4 is 4.90 Å². The highest BCUT2D eigenvalue weighted by atomic mass is 19.1. The first kappa shape index (κ1) is 21.7. The molecule has 1 unspecified atom stereocenters. The van der Waals surface area contributed by atoms with Crippen LogP contribution in [0.1, 0.15) is 29.0 Å². The minimum Gasteiger partial charge on any atom is -0.459 e. The molecular formula is C24H26FN3O5. The molecule has 1 aromatic carbocycles. The molecule has 4 heterocycles. The van der Waals surface area contributed by atoms with Crippen LogP contribution in [0.3, 0.4) is 0 Å². The van der Waals surface area contributed by atoms with E-state index in [0.717, 1.165) is 12.8 Å². The molecule has 0 bridgehead atoms. The first-order chi connectivity index (χ1) is 16.2. The highest BCUT2D eigenvalue weighted by Crippen LogP contribution is 2.34. The van der Waals surface area contributed by atoms with Gasteiger partial charge >= 0.3 is 0 Å². The maximum Gasteiger partial charge on any atom is 0.289 e. The van der Waals surface area contributed by atoms with Crippen molar-refractivity contribution in [1.82, 2.24) is 10.1 Å². The molecule has 0 radical (unpaired) electrons. The van der Waals surface area contributed by atoms with Crippen molar-refractivity contribution in [3.8, 4) is 11.3 Å². The van der Waals surface area contributed by atoms with Crippen LogP contribution >= 0.6 is 0 Å². The van der Waals surface area contributed by atoms with E-state index < -0.39 is 5.82 Å². The molecule has 0 aliphatic carbocycles. The van der Waals surface area contributed by atoms with Crippen LogP contribution in [0.4, 0.5) is 10.3 Å². The van der Waals surface area contributed by atoms with Gasteiger partial charge in [0.25, 0.3) is 5.91 Å². The van der Waals surface area contributed by atoms with E-state index in [9.17, 15) is 9.18 Å². The van der Waals surface area contributed by atoms with Crippen LogP contribution in [0.2, 0.25) is 0 Å². The Hall–Kier alpha value is -3.17. The largest absolute Gasteiger partial charge is 0.459 e. The predicted molar refractivity (Wildman–Crippen MR) is 117 cm³/mol. The summed E-state index contributed by atoms with van der Waals surface area (Å²) in [4.78, 5) is 17.0. The molecule has 9 heteroatoms. The molecule has 5 rings (SSSR count). The molecule has 2 aliphatic rings. The number of carbonyl (C=O) groups is 1. The highest BCUT2D eigenvalue weighted by Gasteiger charge is 2.31. The standard InChI is InChI=1S/C24H26FN3O5/c25-20-7-2-1-6-18(20)22-19(24(33-26-22)27-9-13-30-14-10-27)16-28(15-17-5-3-11-31-17)23(29)21-8-4-12-32-21/h1-2,4,6-8,12,17H,3,5,9-11,13-16H2. The van der Waals surface area contributed by atoms with E-state index in [-0.39, 0.29) is 24.3 Å². The number of hydrogen-bond acceptors (Lipinski definition) is 7. The van der Waals surface area contributed by atoms with E-state index in [1.165, 1.54) is 12.3 Å². The van der Waals surface area contributed by atoms with Crippen LogP contribution in [0, 0.1) is 5.82 Å². The number of furan rings is 1. The van der Waals surface area contributed by atoms with Gasteiger partial charge < -0.3 is 28.2 Å². The van der Waals surface area contributed by atoms with Crippen molar-refractivity contribution in [2.45, 2.75) is 25.5 Å². The van der Waals surface area contributed by atoms with Gasteiger partial charge in [0.15, 0.2) is 5.76 Å². The van der Waals surface area contributed by atoms with Gasteiger partial charge in [-0.15, -0.1) is 0 Å². The average Bonchev–Trinajstić information content (AvgIpc) is 3.62. The van der Waals surface area contributed by atoms with E-state index in [4.69, 9.17) is 18.4 Å². The van der Waals surface area contributed by atoms with Crippen LogP contribution in [-0.2, 0) is 16.0 Å². The number of carbonyl (C=O) groups excluding carboxylic acids is 1. The fraction of sp³-hybridized carbons (Fsp3) is 0.417. The zero-order chi connectivity index (χ0) is 22.6. The maximum atomic E-state index is 14.7. The molecule has 2 saturated heterocycles. The topological polar surface area (TPSA) is 81.2 Å². The Morgan fingerprint density at radius 3 is 2.73 bits per heavy atom. The van der Waals surface area contributed by atoms with Crippen molar-refractivity contribution in [2.24, 2.45) is 0 Å². The summed E-state index contributed by atoms with van der Waals surface area (Å²) < 4.78 is 37.1. The Kier molecular flexibility index (Phi) is 6.41. The Bertz CT molecular complexity index is 1070. The van der Waals surface area contributed by atoms with Crippen molar-refractivity contribution in [3.63, 3.8) is 0 Å². The van der Waals surface area contributed by atoms with E-state index in [1.54, 1.807) is 35.2 Å². The zero-order valence-electron chi connectivity index (χ0n) is 18.2. The lowest BCUT2D eigenvalue weighted by molar-refractivity contribution is 0.0484. The fourth-order valence-electron chi connectivity index (χ4n) is 4.32. The third-order valence-corrected chi connectivity index (χ3v) is 6.01. The second-order valence-electron chi connectivity index (χ2n) is 8.19. The number of aromatic nitrogens is 1. The second kappa shape index (κ2) is 9.76. The lowest BCUT2D eigenvalue weighted by Gasteiger charge is -2.29. The number of rotatable bonds is 7. The Morgan fingerprint density at radius 1 is 1.15 bits per heavy atom. The van der Waals surface area contributed by atoms with Crippen LogP contribution in [-0.4, -0.2) is 61.5 Å². The molecule has 2 fully saturated rings. The molecule has 174 valence electrons. The number of nitrogens with zero attached hydrogens (tertiary/aromatic N) is 3. The van der Waals surface area contributed by atoms with E-state index >= 15 is 0 Å². The van der Waals surface area contributed by atoms with Gasteiger partial charge in [-0.1, -0.05) is 17.3 Å². The van der Waals surface area contributed by atoms with Gasteiger partial charge in [-0.05, 0) is 37.1 Å². The quantitative estimate of drug-likeness (QED) is 0.537. The zero-order valence-corrected chi connectivity index (χ0v) is 18.2. The monoisotopic (exact) mass is 455 g/mol. The van der Waals surface area contributed by atoms with Gasteiger partial charge in [-0.3, -0.25) is 4.79 Å². The van der Waals surface area contributed by atoms with Gasteiger partial charge in [-0.25, -0.2) is 4.39 Å². The van der Waals surface area contributed by atoms with Gasteiger partial charge in [0.05, 0.1) is 37.7 Å². The summed E-state index contributed by atoms with van der Waals surface area (Å²) in [6.45, 7) is 3.61. The van der Waals surface area contributed by atoms with Gasteiger partial charge in [0.1, 0.15) is 11.5 Å². The molecule has 1 atom stereocenters. The smallest absolute Gasteiger partial charge is 0.289 e. The summed E-state index contributed by atoms with van der Waals surface area (Å²) in [7, 11) is 0. The van der Waals surface area contributed by atoms with Gasteiger partial charge in [-0.2, -0.15) is 0 Å². The molecule has 2 aliphatic heterocycles. The average molecular weight is 455 g/mol. The van der Waals surface area contributed by atoms with Crippen LogP contribution in [0.15, 0.2) is 51.6 Å². The number of amides is 1. The molecule has 0 N–H and O–H groups in total. The van der Waals surface area contributed by atoms with E-state index in [2.05, 4.69) is 5.16 Å². The number of ether oxygens (including phenoxy) is 2. The Morgan fingerprint density at radius 2 is 2.00 bits per heavy atom. The van der Waals surface area contributed by atoms with Crippen LogP contribution in [0.5, 0.6) is 0 Å². The summed E-state index contributed by atoms with van der Waals surface area (Å²) in [5, 5.41) is 4.24. The minimum absolute atomic E-state index is 0.0625. The summed E-state index contributed by atoms with van der Waals surface area (Å²) in [6.07, 6.45) is 3.25. The molecule has 0 saturated carbocycles. The van der Waals surface area contributed by atoms with Gasteiger partial charge in [0, 0.05) is 31.8 Å². The van der Waals surface area contributed by atoms with Crippen molar-refractivity contribution in [3.05, 3.63) is 59.8 Å². The van der Waals surface area contributed by atoms with E-state index in [1.807, 2.05) is 4.90 Å². The summed E-state index contributed by atoms with van der Waals surface area (Å²) in [6, 6.07) is 9.76. The number of hydrogen-bond donors (Lipinski definition) is 0. The molecule has 2 aromatic heterocycles. The maximum absolute atomic E-state index is 14.7. The minimum atomic E-state index is -0.399. The predicted octanol–water partition coefficient (Wildman–Crippen LogP) is 3.73. The van der Waals surface area contributed by atoms with E-state index in [0.29, 0.717) is 62.2 Å². The van der Waals surface area contributed by atoms with Crippen molar-refractivity contribution in [1.29, 1.82) is 0 Å². The van der Waals surface area contributed by atoms with Crippen LogP contribution in [0.25, 0.3) is 11.3 Å². The third kappa shape index (κ3) is 4.65. The fourth-order valence-corrected chi connectivity index (χ4v) is 4.32. The molecular weight excluding hydrogens is 429 g/mol. The first-order valence-corrected chi connectivity index (χ1v) is 11.2. The molecule has 3 aromatic rings. The SMILES string of the molecule is O=C(c1ccco1)N(Cc1c(-c2ccccc2F)noc1N1CCOCC1)CC1CCCO1. The van der Waals surface area contributed by atoms with Gasteiger partial charge in [0.2, 0.25) is 5.88 Å². The van der Waals surface area contributed by atoms with Crippen molar-refractivity contribution >= 4 is 11.8 Å². The third-order valence-electron chi connectivity index (χ3n) is 6.01. The molecule has 0 spiro atoms. The highest BCUT2D eigenvalue weighted by molar-refractivity contribution is 5.91. The summed E-state index contributed by atoms with van der Waals surface area (Å²) in [5.41, 5.74) is 1.37. The summed E-state index contributed by atoms with van der Waals surface area (Å²) in [5.74, 6) is 0.110. The molecule has 8 nitrogen and oxygen atoms in total. The molecule has 33 heavy (non-hydrogen) atoms. The Labute approximate surface area is 190 Å². The first-order valence-electron chi connectivity index (χ1n) is 11.2. The Balaban J connectivity index is 1.53. The second-order valence-corrected chi connectivity index (χ2v) is 8.19. The molecule has 1 amide bonds. The lowest BCUT2D eigenvalue weighted by Crippen LogP contribution is -2.39. The van der Waals surface area contributed by atoms with Crippen molar-refractivity contribution in [2.75, 3.05) is 44.4 Å². The lowest BCUT2D eigenvalue weighted by atomic mass is 10.1. The normalized spacial score (nSPS) is 18.6.